The smallest absolute Gasteiger partial charge is 0.395 e. The third-order valence-corrected chi connectivity index (χ3v) is 2.23. The van der Waals surface area contributed by atoms with Gasteiger partial charge in [-0.05, 0) is 0 Å². The molecule has 0 atom stereocenters. The van der Waals surface area contributed by atoms with Crippen LogP contribution in [-0.2, 0) is 0 Å². The van der Waals surface area contributed by atoms with E-state index in [9.17, 15) is 23.3 Å². The van der Waals surface area contributed by atoms with Crippen LogP contribution in [0.1, 0.15) is 0 Å². The number of aromatic nitrogens is 1. The number of nitrogens with zero attached hydrogens (tertiary/aromatic N) is 3. The Kier molecular flexibility index (Phi) is 4.90. The number of hydrogen-bond acceptors (Lipinski definition) is 5. The highest BCUT2D eigenvalue weighted by molar-refractivity contribution is 6.29. The molecule has 1 N–H and O–H groups in total. The predicted molar refractivity (Wildman–Crippen MR) is 61.3 cm³/mol. The third-order valence-electron chi connectivity index (χ3n) is 2.04. The second kappa shape index (κ2) is 6.02. The summed E-state index contributed by atoms with van der Waals surface area (Å²) in [6, 6.07) is 1.79. The van der Waals surface area contributed by atoms with Crippen molar-refractivity contribution >= 4 is 23.1 Å². The van der Waals surface area contributed by atoms with Crippen molar-refractivity contribution < 1.29 is 23.2 Å². The van der Waals surface area contributed by atoms with Crippen molar-refractivity contribution in [3.8, 4) is 0 Å². The molecule has 0 aliphatic carbocycles. The molecule has 0 spiro atoms. The van der Waals surface area contributed by atoms with E-state index in [1.807, 2.05) is 0 Å². The minimum absolute atomic E-state index is 0.297. The minimum atomic E-state index is -4.53. The van der Waals surface area contributed by atoms with E-state index in [1.54, 1.807) is 0 Å². The van der Waals surface area contributed by atoms with E-state index < -0.39 is 29.9 Å². The Balaban J connectivity index is 3.11. The fourth-order valence-corrected chi connectivity index (χ4v) is 1.55. The molecule has 0 aliphatic heterocycles. The van der Waals surface area contributed by atoms with E-state index in [-0.39, 0.29) is 17.5 Å². The largest absolute Gasteiger partial charge is 0.405 e. The average molecular weight is 300 g/mol. The van der Waals surface area contributed by atoms with Crippen LogP contribution in [0.2, 0.25) is 5.15 Å². The van der Waals surface area contributed by atoms with Gasteiger partial charge >= 0.3 is 6.18 Å². The van der Waals surface area contributed by atoms with E-state index in [1.165, 1.54) is 0 Å². The normalized spacial score (nSPS) is 11.4. The van der Waals surface area contributed by atoms with Crippen LogP contribution in [-0.4, -0.2) is 40.9 Å². The van der Waals surface area contributed by atoms with Gasteiger partial charge in [-0.1, -0.05) is 11.6 Å². The summed E-state index contributed by atoms with van der Waals surface area (Å²) in [7, 11) is 0. The quantitative estimate of drug-likeness (QED) is 0.511. The zero-order chi connectivity index (χ0) is 14.6. The molecule has 19 heavy (non-hydrogen) atoms. The van der Waals surface area contributed by atoms with Crippen LogP contribution in [0.15, 0.2) is 12.1 Å². The van der Waals surface area contributed by atoms with E-state index in [4.69, 9.17) is 16.7 Å². The first kappa shape index (κ1) is 15.4. The molecule has 0 unspecified atom stereocenters. The summed E-state index contributed by atoms with van der Waals surface area (Å²) in [6.45, 7) is -2.32. The summed E-state index contributed by atoms with van der Waals surface area (Å²) < 4.78 is 37.1. The van der Waals surface area contributed by atoms with Crippen LogP contribution in [0.3, 0.4) is 0 Å². The second-order valence-electron chi connectivity index (χ2n) is 3.52. The lowest BCUT2D eigenvalue weighted by molar-refractivity contribution is -0.384. The van der Waals surface area contributed by atoms with Crippen LogP contribution >= 0.6 is 11.6 Å². The summed E-state index contributed by atoms with van der Waals surface area (Å²) in [5, 5.41) is 19.0. The summed E-state index contributed by atoms with van der Waals surface area (Å²) in [4.78, 5) is 14.1. The van der Waals surface area contributed by atoms with Crippen molar-refractivity contribution in [3.63, 3.8) is 0 Å². The summed E-state index contributed by atoms with van der Waals surface area (Å²) in [5.41, 5.74) is -0.472. The molecule has 10 heteroatoms. The first-order valence-electron chi connectivity index (χ1n) is 4.97. The Bertz CT molecular complexity index is 470. The average Bonchev–Trinajstić information content (AvgIpc) is 2.25. The van der Waals surface area contributed by atoms with Gasteiger partial charge in [0.25, 0.3) is 5.69 Å². The first-order chi connectivity index (χ1) is 8.73. The maximum atomic E-state index is 12.4. The van der Waals surface area contributed by atoms with Crippen LogP contribution in [0.5, 0.6) is 0 Å². The van der Waals surface area contributed by atoms with Gasteiger partial charge in [0, 0.05) is 6.54 Å². The fourth-order valence-electron chi connectivity index (χ4n) is 1.35. The Labute approximate surface area is 110 Å². The molecule has 1 aromatic rings. The van der Waals surface area contributed by atoms with Crippen LogP contribution < -0.4 is 4.90 Å². The number of rotatable bonds is 5. The predicted octanol–water partition coefficient (Wildman–Crippen LogP) is 2.00. The molecule has 0 aliphatic rings. The maximum Gasteiger partial charge on any atom is 0.405 e. The van der Waals surface area contributed by atoms with E-state index in [0.717, 1.165) is 12.1 Å². The Morgan fingerprint density at radius 3 is 2.58 bits per heavy atom. The van der Waals surface area contributed by atoms with E-state index in [2.05, 4.69) is 4.98 Å². The molecule has 0 saturated heterocycles. The first-order valence-corrected chi connectivity index (χ1v) is 5.35. The van der Waals surface area contributed by atoms with Gasteiger partial charge in [-0.3, -0.25) is 10.1 Å². The molecule has 1 rings (SSSR count). The number of hydrogen-bond donors (Lipinski definition) is 1. The third kappa shape index (κ3) is 4.87. The van der Waals surface area contributed by atoms with Crippen LogP contribution in [0.25, 0.3) is 0 Å². The van der Waals surface area contributed by atoms with Crippen molar-refractivity contribution in [2.75, 3.05) is 24.6 Å². The molecule has 106 valence electrons. The van der Waals surface area contributed by atoms with Crippen molar-refractivity contribution in [2.45, 2.75) is 6.18 Å². The molecule has 0 radical (unpaired) electrons. The molecule has 6 nitrogen and oxygen atoms in total. The molecular weight excluding hydrogens is 291 g/mol. The van der Waals surface area contributed by atoms with Gasteiger partial charge in [0.1, 0.15) is 17.5 Å². The molecule has 0 aromatic carbocycles. The Morgan fingerprint density at radius 2 is 2.11 bits per heavy atom. The molecular formula is C9H9ClF3N3O3. The van der Waals surface area contributed by atoms with Crippen molar-refractivity contribution in [3.05, 3.63) is 27.4 Å². The zero-order valence-corrected chi connectivity index (χ0v) is 10.1. The van der Waals surface area contributed by atoms with Crippen molar-refractivity contribution in [1.29, 1.82) is 0 Å². The minimum Gasteiger partial charge on any atom is -0.395 e. The van der Waals surface area contributed by atoms with Crippen LogP contribution in [0, 0.1) is 10.1 Å². The lowest BCUT2D eigenvalue weighted by atomic mass is 10.3. The van der Waals surface area contributed by atoms with Gasteiger partial charge in [-0.25, -0.2) is 4.98 Å². The zero-order valence-electron chi connectivity index (χ0n) is 9.39. The number of anilines is 1. The number of alkyl halides is 3. The highest BCUT2D eigenvalue weighted by Crippen LogP contribution is 2.26. The summed E-state index contributed by atoms with van der Waals surface area (Å²) in [5.74, 6) is -0.314. The lowest BCUT2D eigenvalue weighted by Crippen LogP contribution is -2.36. The molecule has 0 fully saturated rings. The standard InChI is InChI=1S/C9H9ClF3N3O3/c10-7-3-6(16(18)19)4-8(14-7)15(1-2-17)5-9(11,12)13/h3-4,17H,1-2,5H2. The van der Waals surface area contributed by atoms with Gasteiger partial charge in [-0.15, -0.1) is 0 Å². The molecule has 0 saturated carbocycles. The van der Waals surface area contributed by atoms with Gasteiger partial charge < -0.3 is 10.0 Å². The number of pyridine rings is 1. The van der Waals surface area contributed by atoms with Gasteiger partial charge in [0.2, 0.25) is 0 Å². The van der Waals surface area contributed by atoms with Gasteiger partial charge in [-0.2, -0.15) is 13.2 Å². The van der Waals surface area contributed by atoms with Crippen molar-refractivity contribution in [2.24, 2.45) is 0 Å². The topological polar surface area (TPSA) is 79.5 Å². The van der Waals surface area contributed by atoms with E-state index in [0.29, 0.717) is 4.90 Å². The Hall–Kier alpha value is -1.61. The number of aliphatic hydroxyl groups excluding tert-OH is 1. The van der Waals surface area contributed by atoms with Crippen LogP contribution in [0.4, 0.5) is 24.7 Å². The highest BCUT2D eigenvalue weighted by Gasteiger charge is 2.31. The molecule has 1 aromatic heterocycles. The Morgan fingerprint density at radius 1 is 1.47 bits per heavy atom. The van der Waals surface area contributed by atoms with Gasteiger partial charge in [0.05, 0.1) is 23.7 Å². The maximum absolute atomic E-state index is 12.4. The summed E-state index contributed by atoms with van der Waals surface area (Å²) in [6.07, 6.45) is -4.53. The molecule has 0 bridgehead atoms. The number of nitro groups is 1. The fraction of sp³-hybridized carbons (Fsp3) is 0.444. The van der Waals surface area contributed by atoms with Gasteiger partial charge in [0.15, 0.2) is 0 Å². The molecule has 0 amide bonds. The van der Waals surface area contributed by atoms with E-state index >= 15 is 0 Å². The summed E-state index contributed by atoms with van der Waals surface area (Å²) >= 11 is 5.52. The lowest BCUT2D eigenvalue weighted by Gasteiger charge is -2.23. The second-order valence-corrected chi connectivity index (χ2v) is 3.91. The number of halogens is 4. The monoisotopic (exact) mass is 299 g/mol. The van der Waals surface area contributed by atoms with Crippen molar-refractivity contribution in [1.82, 2.24) is 4.98 Å². The SMILES string of the molecule is O=[N+]([O-])c1cc(Cl)nc(N(CCO)CC(F)(F)F)c1. The highest BCUT2D eigenvalue weighted by atomic mass is 35.5. The number of aliphatic hydroxyl groups is 1. The molecule has 1 heterocycles.